The van der Waals surface area contributed by atoms with Gasteiger partial charge < -0.3 is 10.2 Å². The van der Waals surface area contributed by atoms with Gasteiger partial charge in [-0.15, -0.1) is 0 Å². The predicted octanol–water partition coefficient (Wildman–Crippen LogP) is 4.43. The molecule has 0 saturated carbocycles. The fourth-order valence-corrected chi connectivity index (χ4v) is 4.71. The van der Waals surface area contributed by atoms with Gasteiger partial charge in [0, 0.05) is 20.6 Å². The summed E-state index contributed by atoms with van der Waals surface area (Å²) in [6.07, 6.45) is -1.21. The Hall–Kier alpha value is -2.83. The molecule has 1 aromatic heterocycles. The van der Waals surface area contributed by atoms with E-state index in [1.807, 2.05) is 0 Å². The second kappa shape index (κ2) is 11.3. The van der Waals surface area contributed by atoms with E-state index < -0.39 is 30.4 Å². The normalized spacial score (nSPS) is 13.2. The maximum Gasteiger partial charge on any atom is 0.318 e. The van der Waals surface area contributed by atoms with Crippen LogP contribution >= 0.6 is 35.8 Å². The van der Waals surface area contributed by atoms with Crippen LogP contribution in [0.25, 0.3) is 16.9 Å². The quantitative estimate of drug-likeness (QED) is 0.193. The zero-order chi connectivity index (χ0) is 26.7. The number of rotatable bonds is 8. The van der Waals surface area contributed by atoms with Gasteiger partial charge in [-0.3, -0.25) is 13.9 Å². The van der Waals surface area contributed by atoms with Crippen molar-refractivity contribution in [2.45, 2.75) is 11.1 Å². The van der Waals surface area contributed by atoms with Crippen molar-refractivity contribution in [3.05, 3.63) is 99.6 Å². The Labute approximate surface area is 226 Å². The number of nitrogens with one attached hydrogen (secondary N) is 1. The van der Waals surface area contributed by atoms with Crippen molar-refractivity contribution >= 4 is 51.7 Å². The van der Waals surface area contributed by atoms with Gasteiger partial charge in [-0.2, -0.15) is 5.10 Å². The van der Waals surface area contributed by atoms with Crippen molar-refractivity contribution in [2.75, 3.05) is 0 Å². The first-order valence-electron chi connectivity index (χ1n) is 10.5. The Morgan fingerprint density at radius 2 is 1.70 bits per heavy atom. The maximum absolute atomic E-state index is 13.2. The summed E-state index contributed by atoms with van der Waals surface area (Å²) in [5.74, 6) is -0.675. The van der Waals surface area contributed by atoms with Crippen molar-refractivity contribution in [1.29, 1.82) is 0 Å². The molecule has 4 rings (SSSR count). The SMILES string of the molecule is NS(=O)(=O)c1ccc(-n2nc(C(=O)NC(O[PH](=O)O)c3ccc(Br)cc3)cc2-c2ccc(Cl)cc2)cc1. The lowest BCUT2D eigenvalue weighted by atomic mass is 10.1. The lowest BCUT2D eigenvalue weighted by Gasteiger charge is -2.17. The fourth-order valence-electron chi connectivity index (χ4n) is 3.40. The van der Waals surface area contributed by atoms with Gasteiger partial charge >= 0.3 is 8.25 Å². The van der Waals surface area contributed by atoms with Crippen LogP contribution in [0.1, 0.15) is 22.3 Å². The number of nitrogens with two attached hydrogens (primary N) is 1. The third-order valence-corrected chi connectivity index (χ3v) is 7.29. The number of carbonyl (C=O) groups excluding carboxylic acids is 1. The number of amides is 1. The van der Waals surface area contributed by atoms with Crippen molar-refractivity contribution < 1.29 is 27.2 Å². The summed E-state index contributed by atoms with van der Waals surface area (Å²) in [7, 11) is -7.30. The summed E-state index contributed by atoms with van der Waals surface area (Å²) in [5.41, 5.74) is 2.05. The topological polar surface area (TPSA) is 154 Å². The van der Waals surface area contributed by atoms with E-state index >= 15 is 0 Å². The molecule has 14 heteroatoms. The minimum Gasteiger partial charge on any atom is -0.326 e. The van der Waals surface area contributed by atoms with Gasteiger partial charge in [0.1, 0.15) is 0 Å². The molecule has 0 saturated heterocycles. The second-order valence-electron chi connectivity index (χ2n) is 7.66. The molecule has 10 nitrogen and oxygen atoms in total. The van der Waals surface area contributed by atoms with E-state index in [2.05, 4.69) is 26.3 Å². The lowest BCUT2D eigenvalue weighted by molar-refractivity contribution is 0.0817. The van der Waals surface area contributed by atoms with Crippen molar-refractivity contribution in [2.24, 2.45) is 5.14 Å². The van der Waals surface area contributed by atoms with E-state index in [0.717, 1.165) is 4.47 Å². The Morgan fingerprint density at radius 1 is 1.08 bits per heavy atom. The molecule has 3 aromatic carbocycles. The number of benzene rings is 3. The molecule has 192 valence electrons. The van der Waals surface area contributed by atoms with Gasteiger partial charge in [0.05, 0.1) is 16.3 Å². The molecular weight excluding hydrogens is 607 g/mol. The number of carbonyl (C=O) groups is 1. The molecule has 1 amide bonds. The number of halogens is 2. The molecule has 0 aliphatic heterocycles. The number of hydrogen-bond acceptors (Lipinski definition) is 6. The maximum atomic E-state index is 13.2. The largest absolute Gasteiger partial charge is 0.326 e. The monoisotopic (exact) mass is 624 g/mol. The molecule has 4 aromatic rings. The van der Waals surface area contributed by atoms with E-state index in [9.17, 15) is 22.7 Å². The zero-order valence-electron chi connectivity index (χ0n) is 18.7. The molecule has 0 aliphatic carbocycles. The fraction of sp³-hybridized carbons (Fsp3) is 0.0435. The van der Waals surface area contributed by atoms with E-state index in [-0.39, 0.29) is 10.6 Å². The molecule has 2 atom stereocenters. The average molecular weight is 626 g/mol. The molecule has 0 fully saturated rings. The van der Waals surface area contributed by atoms with Gasteiger partial charge in [-0.25, -0.2) is 18.2 Å². The van der Waals surface area contributed by atoms with Crippen LogP contribution in [0.5, 0.6) is 0 Å². The number of nitrogens with zero attached hydrogens (tertiary/aromatic N) is 2. The number of aromatic nitrogens is 2. The summed E-state index contributed by atoms with van der Waals surface area (Å²) in [6.45, 7) is 0. The third-order valence-electron chi connectivity index (χ3n) is 5.15. The smallest absolute Gasteiger partial charge is 0.318 e. The summed E-state index contributed by atoms with van der Waals surface area (Å²) in [4.78, 5) is 22.4. The Balaban J connectivity index is 1.73. The van der Waals surface area contributed by atoms with Gasteiger partial charge in [0.2, 0.25) is 10.0 Å². The highest BCUT2D eigenvalue weighted by Crippen LogP contribution is 2.29. The van der Waals surface area contributed by atoms with Crippen molar-refractivity contribution in [1.82, 2.24) is 15.1 Å². The van der Waals surface area contributed by atoms with Gasteiger partial charge in [0.25, 0.3) is 5.91 Å². The molecule has 37 heavy (non-hydrogen) atoms. The van der Waals surface area contributed by atoms with Crippen LogP contribution in [0.2, 0.25) is 5.02 Å². The molecular formula is C23H19BrClN4O6PS. The number of primary sulfonamides is 1. The summed E-state index contributed by atoms with van der Waals surface area (Å²) in [6, 6.07) is 20.7. The first-order valence-corrected chi connectivity index (χ1v) is 14.4. The highest BCUT2D eigenvalue weighted by molar-refractivity contribution is 9.10. The Morgan fingerprint density at radius 3 is 2.27 bits per heavy atom. The van der Waals surface area contributed by atoms with Crippen molar-refractivity contribution in [3.8, 4) is 16.9 Å². The lowest BCUT2D eigenvalue weighted by Crippen LogP contribution is -2.29. The zero-order valence-corrected chi connectivity index (χ0v) is 22.9. The molecule has 0 bridgehead atoms. The van der Waals surface area contributed by atoms with Crippen LogP contribution in [0.15, 0.2) is 88.2 Å². The number of hydrogen-bond donors (Lipinski definition) is 3. The summed E-state index contributed by atoms with van der Waals surface area (Å²) in [5, 5.41) is 12.7. The average Bonchev–Trinajstić information content (AvgIpc) is 3.29. The first-order chi connectivity index (χ1) is 17.5. The second-order valence-corrected chi connectivity index (χ2v) is 11.3. The molecule has 1 heterocycles. The summed E-state index contributed by atoms with van der Waals surface area (Å²) >= 11 is 9.34. The van der Waals surface area contributed by atoms with Crippen LogP contribution in [0.3, 0.4) is 0 Å². The summed E-state index contributed by atoms with van der Waals surface area (Å²) < 4.78 is 42.0. The third kappa shape index (κ3) is 6.74. The predicted molar refractivity (Wildman–Crippen MR) is 142 cm³/mol. The Kier molecular flexibility index (Phi) is 8.29. The van der Waals surface area contributed by atoms with E-state index in [4.69, 9.17) is 21.3 Å². The van der Waals surface area contributed by atoms with E-state index in [1.54, 1.807) is 48.5 Å². The van der Waals surface area contributed by atoms with Gasteiger partial charge in [0.15, 0.2) is 11.9 Å². The van der Waals surface area contributed by atoms with Crippen LogP contribution in [0, 0.1) is 0 Å². The van der Waals surface area contributed by atoms with Crippen LogP contribution in [-0.4, -0.2) is 29.0 Å². The molecule has 4 N–H and O–H groups in total. The minimum absolute atomic E-state index is 0.0243. The highest BCUT2D eigenvalue weighted by Gasteiger charge is 2.22. The molecule has 0 aliphatic rings. The first kappa shape index (κ1) is 27.2. The van der Waals surface area contributed by atoms with Crippen LogP contribution in [-0.2, 0) is 19.1 Å². The molecule has 0 spiro atoms. The Bertz CT molecular complexity index is 1560. The standard InChI is InChI=1S/C23H19BrClN4O6PS/c24-16-5-1-15(2-6-16)23(35-36(31)32)27-22(30)20-13-21(14-3-7-17(25)8-4-14)29(28-20)18-9-11-19(12-10-18)37(26,33)34/h1-13,23,36H,(H,27,30)(H,31,32)(H2,26,33,34). The van der Waals surface area contributed by atoms with E-state index in [0.29, 0.717) is 27.5 Å². The van der Waals surface area contributed by atoms with Gasteiger partial charge in [-0.1, -0.05) is 51.8 Å². The molecule has 0 radical (unpaired) electrons. The molecule has 2 unspecified atom stereocenters. The minimum atomic E-state index is -3.90. The van der Waals surface area contributed by atoms with Crippen LogP contribution in [0.4, 0.5) is 0 Å². The number of sulfonamides is 1. The highest BCUT2D eigenvalue weighted by atomic mass is 79.9. The van der Waals surface area contributed by atoms with Crippen LogP contribution < -0.4 is 10.5 Å². The van der Waals surface area contributed by atoms with Gasteiger partial charge in [-0.05, 0) is 54.6 Å². The van der Waals surface area contributed by atoms with E-state index in [1.165, 1.54) is 35.0 Å². The van der Waals surface area contributed by atoms with Crippen molar-refractivity contribution in [3.63, 3.8) is 0 Å².